The van der Waals surface area contributed by atoms with E-state index >= 15 is 0 Å². The van der Waals surface area contributed by atoms with Gasteiger partial charge in [0.1, 0.15) is 0 Å². The zero-order valence-corrected chi connectivity index (χ0v) is 5.71. The molecule has 2 fully saturated rings. The predicted molar refractivity (Wildman–Crippen MR) is 37.3 cm³/mol. The average Bonchev–Trinajstić information content (AvgIpc) is 2.36. The molecule has 0 aromatic heterocycles. The van der Waals surface area contributed by atoms with Crippen molar-refractivity contribution in [2.45, 2.75) is 24.9 Å². The van der Waals surface area contributed by atoms with Crippen molar-refractivity contribution < 1.29 is 0 Å². The van der Waals surface area contributed by atoms with Crippen molar-refractivity contribution >= 4 is 11.8 Å². The average molecular weight is 129 g/mol. The molecule has 1 aliphatic carbocycles. The van der Waals surface area contributed by atoms with Crippen LogP contribution in [-0.2, 0) is 0 Å². The summed E-state index contributed by atoms with van der Waals surface area (Å²) in [4.78, 5) is 0. The van der Waals surface area contributed by atoms with Crippen LogP contribution in [0.3, 0.4) is 0 Å². The summed E-state index contributed by atoms with van der Waals surface area (Å²) in [6.45, 7) is 0. The molecule has 0 amide bonds. The molecule has 1 aliphatic heterocycles. The molecule has 2 aliphatic rings. The van der Waals surface area contributed by atoms with Crippen LogP contribution in [0.2, 0.25) is 0 Å². The lowest BCUT2D eigenvalue weighted by atomic mass is 10.3. The maximum absolute atomic E-state index is 3.57. The van der Waals surface area contributed by atoms with E-state index in [0.717, 1.165) is 12.1 Å². The number of hydrogen-bond acceptors (Lipinski definition) is 2. The van der Waals surface area contributed by atoms with Gasteiger partial charge in [-0.15, -0.1) is 0 Å². The van der Waals surface area contributed by atoms with Gasteiger partial charge in [0.15, 0.2) is 0 Å². The van der Waals surface area contributed by atoms with E-state index in [-0.39, 0.29) is 0 Å². The second kappa shape index (κ2) is 1.92. The fraction of sp³-hybridized carbons (Fsp3) is 1.00. The predicted octanol–water partition coefficient (Wildman–Crippen LogP) is 0.854. The summed E-state index contributed by atoms with van der Waals surface area (Å²) >= 11 is 2.05. The van der Waals surface area contributed by atoms with Crippen LogP contribution in [0, 0.1) is 0 Å². The Morgan fingerprint density at radius 2 is 1.88 bits per heavy atom. The topological polar surface area (TPSA) is 12.0 Å². The first-order valence-corrected chi connectivity index (χ1v) is 4.44. The Morgan fingerprint density at radius 1 is 1.12 bits per heavy atom. The third kappa shape index (κ3) is 1.00. The zero-order chi connectivity index (χ0) is 5.40. The molecule has 0 bridgehead atoms. The van der Waals surface area contributed by atoms with Gasteiger partial charge in [-0.25, -0.2) is 0 Å². The standard InChI is InChI=1S/C6H11NS/c1-2-5(1)7-6-3-8-4-6/h5-7H,1-4H2. The van der Waals surface area contributed by atoms with Crippen molar-refractivity contribution in [1.82, 2.24) is 5.32 Å². The van der Waals surface area contributed by atoms with Gasteiger partial charge in [-0.05, 0) is 12.8 Å². The van der Waals surface area contributed by atoms with Crippen LogP contribution in [0.25, 0.3) is 0 Å². The molecule has 0 aromatic carbocycles. The van der Waals surface area contributed by atoms with E-state index in [1.807, 2.05) is 0 Å². The molecule has 0 radical (unpaired) electrons. The summed E-state index contributed by atoms with van der Waals surface area (Å²) in [5.41, 5.74) is 0. The third-order valence-electron chi connectivity index (χ3n) is 1.69. The van der Waals surface area contributed by atoms with Gasteiger partial charge < -0.3 is 5.32 Å². The number of nitrogens with one attached hydrogen (secondary N) is 1. The lowest BCUT2D eigenvalue weighted by molar-refractivity contribution is 0.579. The van der Waals surface area contributed by atoms with E-state index in [1.54, 1.807) is 0 Å². The van der Waals surface area contributed by atoms with Crippen molar-refractivity contribution in [3.8, 4) is 0 Å². The second-order valence-electron chi connectivity index (χ2n) is 2.68. The van der Waals surface area contributed by atoms with E-state index in [4.69, 9.17) is 0 Å². The summed E-state index contributed by atoms with van der Waals surface area (Å²) in [6.07, 6.45) is 2.86. The number of hydrogen-bond donors (Lipinski definition) is 1. The lowest BCUT2D eigenvalue weighted by Gasteiger charge is -2.25. The molecule has 0 atom stereocenters. The van der Waals surface area contributed by atoms with E-state index in [1.165, 1.54) is 24.3 Å². The minimum atomic E-state index is 0.882. The highest BCUT2D eigenvalue weighted by Crippen LogP contribution is 2.24. The van der Waals surface area contributed by atoms with E-state index in [0.29, 0.717) is 0 Å². The lowest BCUT2D eigenvalue weighted by Crippen LogP contribution is -2.41. The number of rotatable bonds is 2. The molecule has 1 saturated heterocycles. The molecular formula is C6H11NS. The van der Waals surface area contributed by atoms with Gasteiger partial charge in [0.05, 0.1) is 0 Å². The maximum Gasteiger partial charge on any atom is 0.0251 e. The zero-order valence-electron chi connectivity index (χ0n) is 4.89. The molecule has 0 aromatic rings. The highest BCUT2D eigenvalue weighted by Gasteiger charge is 2.27. The molecule has 1 N–H and O–H groups in total. The molecule has 1 saturated carbocycles. The Hall–Kier alpha value is 0.310. The summed E-state index contributed by atoms with van der Waals surface area (Å²) < 4.78 is 0. The fourth-order valence-electron chi connectivity index (χ4n) is 0.915. The van der Waals surface area contributed by atoms with Crippen molar-refractivity contribution in [2.75, 3.05) is 11.5 Å². The van der Waals surface area contributed by atoms with Crippen molar-refractivity contribution in [3.63, 3.8) is 0 Å². The van der Waals surface area contributed by atoms with Crippen LogP contribution in [0.5, 0.6) is 0 Å². The first kappa shape index (κ1) is 5.12. The Labute approximate surface area is 54.2 Å². The van der Waals surface area contributed by atoms with Gasteiger partial charge in [0, 0.05) is 23.6 Å². The first-order valence-electron chi connectivity index (χ1n) is 3.29. The molecule has 0 spiro atoms. The minimum absolute atomic E-state index is 0.882. The van der Waals surface area contributed by atoms with Gasteiger partial charge in [0.2, 0.25) is 0 Å². The van der Waals surface area contributed by atoms with Crippen molar-refractivity contribution in [3.05, 3.63) is 0 Å². The SMILES string of the molecule is C1CC1NC1CSC1. The quantitative estimate of drug-likeness (QED) is 0.593. The number of thioether (sulfide) groups is 1. The van der Waals surface area contributed by atoms with E-state index in [9.17, 15) is 0 Å². The van der Waals surface area contributed by atoms with Crippen LogP contribution in [-0.4, -0.2) is 23.6 Å². The smallest absolute Gasteiger partial charge is 0.0251 e. The molecule has 1 nitrogen and oxygen atoms in total. The first-order chi connectivity index (χ1) is 3.95. The molecule has 8 heavy (non-hydrogen) atoms. The van der Waals surface area contributed by atoms with E-state index < -0.39 is 0 Å². The van der Waals surface area contributed by atoms with Crippen molar-refractivity contribution in [2.24, 2.45) is 0 Å². The molecule has 1 heterocycles. The van der Waals surface area contributed by atoms with Crippen LogP contribution in [0.15, 0.2) is 0 Å². The Kier molecular flexibility index (Phi) is 1.23. The van der Waals surface area contributed by atoms with Crippen LogP contribution in [0.1, 0.15) is 12.8 Å². The van der Waals surface area contributed by atoms with Crippen LogP contribution in [0.4, 0.5) is 0 Å². The fourth-order valence-corrected chi connectivity index (χ4v) is 1.58. The van der Waals surface area contributed by atoms with Gasteiger partial charge in [-0.1, -0.05) is 0 Å². The minimum Gasteiger partial charge on any atom is -0.310 e. The second-order valence-corrected chi connectivity index (χ2v) is 3.75. The normalized spacial score (nSPS) is 30.0. The molecule has 46 valence electrons. The van der Waals surface area contributed by atoms with Crippen LogP contribution < -0.4 is 5.32 Å². The van der Waals surface area contributed by atoms with Gasteiger partial charge in [-0.2, -0.15) is 11.8 Å². The highest BCUT2D eigenvalue weighted by molar-refractivity contribution is 8.00. The summed E-state index contributed by atoms with van der Waals surface area (Å²) in [5, 5.41) is 3.57. The Bertz CT molecular complexity index is 86.5. The molecule has 0 unspecified atom stereocenters. The monoisotopic (exact) mass is 129 g/mol. The summed E-state index contributed by atoms with van der Waals surface area (Å²) in [5.74, 6) is 2.72. The van der Waals surface area contributed by atoms with Crippen molar-refractivity contribution in [1.29, 1.82) is 0 Å². The van der Waals surface area contributed by atoms with Crippen LogP contribution >= 0.6 is 11.8 Å². The maximum atomic E-state index is 3.57. The van der Waals surface area contributed by atoms with E-state index in [2.05, 4.69) is 17.1 Å². The summed E-state index contributed by atoms with van der Waals surface area (Å²) in [6, 6.07) is 1.80. The summed E-state index contributed by atoms with van der Waals surface area (Å²) in [7, 11) is 0. The molecule has 2 rings (SSSR count). The molecule has 2 heteroatoms. The van der Waals surface area contributed by atoms with Gasteiger partial charge >= 0.3 is 0 Å². The highest BCUT2D eigenvalue weighted by atomic mass is 32.2. The van der Waals surface area contributed by atoms with Gasteiger partial charge in [0.25, 0.3) is 0 Å². The Morgan fingerprint density at radius 3 is 2.25 bits per heavy atom. The third-order valence-corrected chi connectivity index (χ3v) is 2.96. The molecular weight excluding hydrogens is 118 g/mol. The Balaban J connectivity index is 1.66. The van der Waals surface area contributed by atoms with Gasteiger partial charge in [-0.3, -0.25) is 0 Å². The largest absolute Gasteiger partial charge is 0.310 e.